The smallest absolute Gasteiger partial charge is 0.122 e. The van der Waals surface area contributed by atoms with Crippen molar-refractivity contribution in [1.82, 2.24) is 0 Å². The molecule has 0 aliphatic carbocycles. The maximum atomic E-state index is 11.2. The van der Waals surface area contributed by atoms with Crippen LogP contribution in [0.25, 0.3) is 0 Å². The minimum atomic E-state index is 0.651. The number of phenolic OH excluding ortho intramolecular Hbond substituents is 1. The van der Waals surface area contributed by atoms with Gasteiger partial charge >= 0.3 is 0 Å². The van der Waals surface area contributed by atoms with Gasteiger partial charge in [0.1, 0.15) is 5.75 Å². The Morgan fingerprint density at radius 2 is 1.00 bits per heavy atom. The fourth-order valence-corrected chi connectivity index (χ4v) is 4.52. The van der Waals surface area contributed by atoms with Gasteiger partial charge < -0.3 is 5.11 Å². The van der Waals surface area contributed by atoms with E-state index in [2.05, 4.69) is 34.6 Å². The van der Waals surface area contributed by atoms with Gasteiger partial charge in [0.2, 0.25) is 0 Å². The third kappa shape index (κ3) is 7.51. The lowest BCUT2D eigenvalue weighted by Crippen LogP contribution is -2.07. The summed E-state index contributed by atoms with van der Waals surface area (Å²) < 4.78 is 0. The average Bonchev–Trinajstić information content (AvgIpc) is 2.67. The largest absolute Gasteiger partial charge is 0.507 e. The van der Waals surface area contributed by atoms with Crippen LogP contribution in [0, 0.1) is 6.92 Å². The van der Waals surface area contributed by atoms with Crippen molar-refractivity contribution in [3.05, 3.63) is 27.8 Å². The van der Waals surface area contributed by atoms with Crippen LogP contribution in [0.15, 0.2) is 0 Å². The molecule has 0 aliphatic heterocycles. The van der Waals surface area contributed by atoms with Crippen LogP contribution in [0.4, 0.5) is 0 Å². The molecular formula is C26H46O. The summed E-state index contributed by atoms with van der Waals surface area (Å²) in [6.07, 6.45) is 18.4. The van der Waals surface area contributed by atoms with Crippen LogP contribution < -0.4 is 0 Å². The van der Waals surface area contributed by atoms with E-state index in [1.165, 1.54) is 92.0 Å². The molecule has 0 unspecified atom stereocenters. The van der Waals surface area contributed by atoms with Crippen molar-refractivity contribution in [3.8, 4) is 5.75 Å². The molecule has 0 heterocycles. The molecule has 27 heavy (non-hydrogen) atoms. The van der Waals surface area contributed by atoms with E-state index in [9.17, 15) is 5.11 Å². The molecule has 0 saturated carbocycles. The van der Waals surface area contributed by atoms with Gasteiger partial charge in [-0.1, -0.05) is 85.5 Å². The van der Waals surface area contributed by atoms with Crippen LogP contribution in [-0.4, -0.2) is 5.11 Å². The summed E-state index contributed by atoms with van der Waals surface area (Å²) in [5.74, 6) is 0.651. The van der Waals surface area contributed by atoms with Gasteiger partial charge in [-0.15, -0.1) is 0 Å². The van der Waals surface area contributed by atoms with Gasteiger partial charge in [0.05, 0.1) is 0 Å². The molecule has 0 fully saturated rings. The Hall–Kier alpha value is -0.980. The molecule has 1 nitrogen and oxygen atoms in total. The molecule has 0 bridgehead atoms. The molecule has 1 N–H and O–H groups in total. The number of rotatable bonds is 15. The lowest BCUT2D eigenvalue weighted by Gasteiger charge is -2.22. The molecule has 1 heteroatoms. The number of hydrogen-bond donors (Lipinski definition) is 1. The fourth-order valence-electron chi connectivity index (χ4n) is 4.52. The van der Waals surface area contributed by atoms with E-state index >= 15 is 0 Å². The Morgan fingerprint density at radius 1 is 0.519 bits per heavy atom. The molecule has 0 spiro atoms. The number of hydrogen-bond acceptors (Lipinski definition) is 1. The SMILES string of the molecule is CCCCCCCc1c(C)c(CC)c(CCC)c(O)c1CCCCCCC. The second kappa shape index (κ2) is 14.1. The van der Waals surface area contributed by atoms with Crippen molar-refractivity contribution in [3.63, 3.8) is 0 Å². The molecule has 0 saturated heterocycles. The summed E-state index contributed by atoms with van der Waals surface area (Å²) in [6, 6.07) is 0. The van der Waals surface area contributed by atoms with Gasteiger partial charge in [-0.05, 0) is 73.3 Å². The van der Waals surface area contributed by atoms with Gasteiger partial charge in [0.15, 0.2) is 0 Å². The molecule has 156 valence electrons. The van der Waals surface area contributed by atoms with Crippen molar-refractivity contribution in [1.29, 1.82) is 0 Å². The number of unbranched alkanes of at least 4 members (excludes halogenated alkanes) is 8. The number of aromatic hydroxyl groups is 1. The third-order valence-electron chi connectivity index (χ3n) is 6.12. The average molecular weight is 375 g/mol. The highest BCUT2D eigenvalue weighted by Gasteiger charge is 2.19. The van der Waals surface area contributed by atoms with E-state index < -0.39 is 0 Å². The summed E-state index contributed by atoms with van der Waals surface area (Å²) in [4.78, 5) is 0. The Bertz CT molecular complexity index is 530. The van der Waals surface area contributed by atoms with Gasteiger partial charge in [-0.3, -0.25) is 0 Å². The Morgan fingerprint density at radius 3 is 1.48 bits per heavy atom. The van der Waals surface area contributed by atoms with Crippen molar-refractivity contribution in [2.75, 3.05) is 0 Å². The first-order valence-corrected chi connectivity index (χ1v) is 12.0. The highest BCUT2D eigenvalue weighted by atomic mass is 16.3. The van der Waals surface area contributed by atoms with Crippen LogP contribution in [0.1, 0.15) is 126 Å². The maximum absolute atomic E-state index is 11.2. The molecule has 0 amide bonds. The lowest BCUT2D eigenvalue weighted by atomic mass is 9.84. The summed E-state index contributed by atoms with van der Waals surface area (Å²) in [5.41, 5.74) is 6.93. The first-order valence-electron chi connectivity index (χ1n) is 12.0. The van der Waals surface area contributed by atoms with Gasteiger partial charge in [-0.2, -0.15) is 0 Å². The van der Waals surface area contributed by atoms with E-state index in [0.29, 0.717) is 5.75 Å². The summed E-state index contributed by atoms with van der Waals surface area (Å²) in [7, 11) is 0. The molecule has 0 aromatic heterocycles. The second-order valence-electron chi connectivity index (χ2n) is 8.32. The monoisotopic (exact) mass is 374 g/mol. The van der Waals surface area contributed by atoms with E-state index in [-0.39, 0.29) is 0 Å². The molecular weight excluding hydrogens is 328 g/mol. The maximum Gasteiger partial charge on any atom is 0.122 e. The van der Waals surface area contributed by atoms with E-state index in [1.807, 2.05) is 0 Å². The van der Waals surface area contributed by atoms with E-state index in [1.54, 1.807) is 0 Å². The second-order valence-corrected chi connectivity index (χ2v) is 8.32. The predicted octanol–water partition coefficient (Wildman–Crippen LogP) is 8.24. The van der Waals surface area contributed by atoms with Crippen LogP contribution in [0.2, 0.25) is 0 Å². The predicted molar refractivity (Wildman–Crippen MR) is 121 cm³/mol. The van der Waals surface area contributed by atoms with Gasteiger partial charge in [0, 0.05) is 0 Å². The first-order chi connectivity index (χ1) is 13.1. The molecule has 1 rings (SSSR count). The van der Waals surface area contributed by atoms with Crippen molar-refractivity contribution in [2.45, 2.75) is 131 Å². The van der Waals surface area contributed by atoms with Crippen LogP contribution in [0.3, 0.4) is 0 Å². The van der Waals surface area contributed by atoms with Crippen LogP contribution in [-0.2, 0) is 25.7 Å². The van der Waals surface area contributed by atoms with Crippen molar-refractivity contribution >= 4 is 0 Å². The Labute approximate surface area is 170 Å². The zero-order chi connectivity index (χ0) is 20.1. The standard InChI is InChI=1S/C26H46O/c1-6-10-12-14-16-19-23-21(5)22(9-4)24(18-8-3)26(27)25(23)20-17-15-13-11-7-2/h27H,6-20H2,1-5H3. The molecule has 0 radical (unpaired) electrons. The minimum Gasteiger partial charge on any atom is -0.507 e. The zero-order valence-electron chi connectivity index (χ0n) is 19.1. The molecule has 1 aromatic carbocycles. The highest BCUT2D eigenvalue weighted by molar-refractivity contribution is 5.55. The Kier molecular flexibility index (Phi) is 12.5. The zero-order valence-corrected chi connectivity index (χ0v) is 19.1. The first kappa shape index (κ1) is 24.1. The number of phenols is 1. The number of benzene rings is 1. The Balaban J connectivity index is 3.04. The lowest BCUT2D eigenvalue weighted by molar-refractivity contribution is 0.455. The fraction of sp³-hybridized carbons (Fsp3) is 0.769. The van der Waals surface area contributed by atoms with E-state index in [0.717, 1.165) is 32.1 Å². The van der Waals surface area contributed by atoms with Gasteiger partial charge in [-0.25, -0.2) is 0 Å². The molecule has 0 aliphatic rings. The molecule has 1 aromatic rings. The van der Waals surface area contributed by atoms with Crippen LogP contribution in [0.5, 0.6) is 5.75 Å². The normalized spacial score (nSPS) is 11.3. The van der Waals surface area contributed by atoms with Crippen molar-refractivity contribution < 1.29 is 5.11 Å². The van der Waals surface area contributed by atoms with Crippen molar-refractivity contribution in [2.24, 2.45) is 0 Å². The highest BCUT2D eigenvalue weighted by Crippen LogP contribution is 2.36. The van der Waals surface area contributed by atoms with Gasteiger partial charge in [0.25, 0.3) is 0 Å². The van der Waals surface area contributed by atoms with Crippen LogP contribution >= 0.6 is 0 Å². The van der Waals surface area contributed by atoms with E-state index in [4.69, 9.17) is 0 Å². The summed E-state index contributed by atoms with van der Waals surface area (Å²) >= 11 is 0. The minimum absolute atomic E-state index is 0.651. The third-order valence-corrected chi connectivity index (χ3v) is 6.12. The summed E-state index contributed by atoms with van der Waals surface area (Å²) in [6.45, 7) is 11.3. The quantitative estimate of drug-likeness (QED) is 0.306. The summed E-state index contributed by atoms with van der Waals surface area (Å²) in [5, 5.41) is 11.2. The topological polar surface area (TPSA) is 20.2 Å². The molecule has 0 atom stereocenters.